The van der Waals surface area contributed by atoms with Crippen molar-refractivity contribution in [3.05, 3.63) is 0 Å². The summed E-state index contributed by atoms with van der Waals surface area (Å²) in [5, 5.41) is 49.4. The highest BCUT2D eigenvalue weighted by molar-refractivity contribution is 5.96. The van der Waals surface area contributed by atoms with Crippen LogP contribution in [0.1, 0.15) is 46.0 Å². The number of nitrogens with one attached hydrogen (secondary N) is 5. The second-order valence-electron chi connectivity index (χ2n) is 10.3. The van der Waals surface area contributed by atoms with Crippen molar-refractivity contribution in [2.24, 2.45) is 23.1 Å². The van der Waals surface area contributed by atoms with Gasteiger partial charge >= 0.3 is 5.97 Å². The van der Waals surface area contributed by atoms with Crippen LogP contribution >= 0.6 is 0 Å². The summed E-state index contributed by atoms with van der Waals surface area (Å²) < 4.78 is 0. The van der Waals surface area contributed by atoms with Crippen LogP contribution in [0.25, 0.3) is 0 Å². The molecule has 0 spiro atoms. The molecular weight excluding hydrogens is 588 g/mol. The molecule has 0 rings (SSSR count). The zero-order valence-corrected chi connectivity index (χ0v) is 24.8. The van der Waals surface area contributed by atoms with Gasteiger partial charge in [0, 0.05) is 6.42 Å². The van der Waals surface area contributed by atoms with Crippen molar-refractivity contribution >= 4 is 41.4 Å². The smallest absolute Gasteiger partial charge is 0.326 e. The zero-order chi connectivity index (χ0) is 34.0. The van der Waals surface area contributed by atoms with Gasteiger partial charge in [-0.05, 0) is 38.1 Å². The van der Waals surface area contributed by atoms with E-state index in [9.17, 15) is 54.0 Å². The molecule has 0 saturated carbocycles. The normalized spacial score (nSPS) is 15.1. The Bertz CT molecular complexity index is 997. The summed E-state index contributed by atoms with van der Waals surface area (Å²) in [5.41, 5.74) is 16.1. The molecule has 252 valence electrons. The van der Waals surface area contributed by atoms with Crippen LogP contribution in [-0.2, 0) is 33.6 Å². The summed E-state index contributed by atoms with van der Waals surface area (Å²) in [6.07, 6.45) is 0.645. The van der Waals surface area contributed by atoms with Crippen LogP contribution in [0.2, 0.25) is 0 Å². The molecule has 0 aliphatic carbocycles. The average Bonchev–Trinajstić information content (AvgIpc) is 2.97. The highest BCUT2D eigenvalue weighted by Crippen LogP contribution is 2.05. The Morgan fingerprint density at radius 2 is 1.07 bits per heavy atom. The first-order valence-electron chi connectivity index (χ1n) is 13.9. The molecule has 0 aromatic rings. The van der Waals surface area contributed by atoms with Crippen molar-refractivity contribution in [3.63, 3.8) is 0 Å². The number of nitrogens with two attached hydrogens (primary N) is 3. The van der Waals surface area contributed by atoms with Crippen molar-refractivity contribution in [2.45, 2.75) is 82.2 Å². The van der Waals surface area contributed by atoms with E-state index in [-0.39, 0.29) is 19.3 Å². The topological polar surface area (TPSA) is 339 Å². The number of aliphatic carboxylic acids is 1. The van der Waals surface area contributed by atoms with Crippen LogP contribution in [-0.4, -0.2) is 124 Å². The molecule has 44 heavy (non-hydrogen) atoms. The number of aliphatic hydroxyl groups excluding tert-OH is 3. The van der Waals surface area contributed by atoms with E-state index < -0.39 is 103 Å². The predicted octanol–water partition coefficient (Wildman–Crippen LogP) is -6.15. The molecule has 0 heterocycles. The minimum absolute atomic E-state index is 0.0465. The number of carboxylic acids is 1. The molecule has 15 N–H and O–H groups in total. The molecular formula is C25H46N8O11. The van der Waals surface area contributed by atoms with Gasteiger partial charge in [0.1, 0.15) is 30.2 Å². The first-order chi connectivity index (χ1) is 20.6. The van der Waals surface area contributed by atoms with Gasteiger partial charge in [-0.2, -0.15) is 0 Å². The van der Waals surface area contributed by atoms with Crippen LogP contribution < -0.4 is 43.8 Å². The van der Waals surface area contributed by atoms with Gasteiger partial charge in [-0.25, -0.2) is 4.79 Å². The van der Waals surface area contributed by atoms with E-state index in [0.717, 1.165) is 0 Å². The van der Waals surface area contributed by atoms with Gasteiger partial charge < -0.3 is 64.2 Å². The third kappa shape index (κ3) is 14.5. The fourth-order valence-electron chi connectivity index (χ4n) is 3.64. The van der Waals surface area contributed by atoms with Crippen LogP contribution in [0.5, 0.6) is 0 Å². The maximum Gasteiger partial charge on any atom is 0.326 e. The minimum Gasteiger partial charge on any atom is -0.480 e. The first kappa shape index (κ1) is 40.1. The first-order valence-corrected chi connectivity index (χ1v) is 13.9. The Kier molecular flexibility index (Phi) is 19.0. The van der Waals surface area contributed by atoms with Crippen LogP contribution in [0.3, 0.4) is 0 Å². The second-order valence-corrected chi connectivity index (χ2v) is 10.3. The maximum atomic E-state index is 13.0. The Morgan fingerprint density at radius 3 is 1.48 bits per heavy atom. The number of unbranched alkanes of at least 4 members (excludes halogenated alkanes) is 1. The van der Waals surface area contributed by atoms with Gasteiger partial charge in [0.05, 0.1) is 25.9 Å². The van der Waals surface area contributed by atoms with Gasteiger partial charge in [-0.3, -0.25) is 28.8 Å². The summed E-state index contributed by atoms with van der Waals surface area (Å²) >= 11 is 0. The quantitative estimate of drug-likeness (QED) is 0.0494. The lowest BCUT2D eigenvalue weighted by atomic mass is 10.0. The molecule has 0 fully saturated rings. The third-order valence-electron chi connectivity index (χ3n) is 6.29. The van der Waals surface area contributed by atoms with E-state index in [0.29, 0.717) is 19.4 Å². The Labute approximate surface area is 254 Å². The molecule has 0 aliphatic rings. The highest BCUT2D eigenvalue weighted by atomic mass is 16.4. The third-order valence-corrected chi connectivity index (χ3v) is 6.29. The van der Waals surface area contributed by atoms with Crippen LogP contribution in [0.15, 0.2) is 0 Å². The van der Waals surface area contributed by atoms with E-state index >= 15 is 0 Å². The molecule has 0 aromatic carbocycles. The summed E-state index contributed by atoms with van der Waals surface area (Å²) in [7, 11) is 0. The number of aliphatic hydroxyl groups is 3. The summed E-state index contributed by atoms with van der Waals surface area (Å²) in [6, 6.07) is -8.72. The molecule has 6 amide bonds. The van der Waals surface area contributed by atoms with Crippen molar-refractivity contribution in [3.8, 4) is 0 Å². The summed E-state index contributed by atoms with van der Waals surface area (Å²) in [5.74, 6) is -7.59. The second kappa shape index (κ2) is 20.9. The van der Waals surface area contributed by atoms with E-state index in [1.807, 2.05) is 0 Å². The minimum atomic E-state index is -1.67. The Morgan fingerprint density at radius 1 is 0.636 bits per heavy atom. The molecule has 0 radical (unpaired) electrons. The van der Waals surface area contributed by atoms with E-state index in [1.54, 1.807) is 0 Å². The summed E-state index contributed by atoms with van der Waals surface area (Å²) in [4.78, 5) is 85.6. The fraction of sp³-hybridized carbons (Fsp3) is 0.720. The number of carbonyl (C=O) groups is 7. The zero-order valence-electron chi connectivity index (χ0n) is 24.8. The lowest BCUT2D eigenvalue weighted by Crippen LogP contribution is -2.61. The standard InChI is InChI=1S/C25H46N8O11/c1-12(2)19(33-23(41)17(11-36)30-20(38)13(27)6-7-18(28)37)24(42)32-16(10-35)22(40)31-15(9-34)21(39)29-14(25(43)44)5-3-4-8-26/h12-17,19,34-36H,3-11,26-27H2,1-2H3,(H2,28,37)(H,29,39)(H,30,38)(H,31,40)(H,32,42)(H,33,41)(H,43,44)/t13-,14-,15-,16-,17-,19-/m0/s1. The van der Waals surface area contributed by atoms with Crippen LogP contribution in [0.4, 0.5) is 0 Å². The molecule has 6 atom stereocenters. The van der Waals surface area contributed by atoms with Gasteiger partial charge in [-0.1, -0.05) is 13.8 Å². The van der Waals surface area contributed by atoms with E-state index in [2.05, 4.69) is 26.6 Å². The van der Waals surface area contributed by atoms with Gasteiger partial charge in [0.2, 0.25) is 35.4 Å². The number of rotatable bonds is 22. The number of carbonyl (C=O) groups excluding carboxylic acids is 6. The predicted molar refractivity (Wildman–Crippen MR) is 153 cm³/mol. The molecule has 0 unspecified atom stereocenters. The van der Waals surface area contributed by atoms with Gasteiger partial charge in [0.25, 0.3) is 0 Å². The van der Waals surface area contributed by atoms with Crippen molar-refractivity contribution in [1.82, 2.24) is 26.6 Å². The van der Waals surface area contributed by atoms with Gasteiger partial charge in [0.15, 0.2) is 0 Å². The lowest BCUT2D eigenvalue weighted by molar-refractivity contribution is -0.143. The number of hydrogen-bond acceptors (Lipinski definition) is 12. The van der Waals surface area contributed by atoms with Crippen LogP contribution in [0, 0.1) is 5.92 Å². The Balaban J connectivity index is 5.40. The van der Waals surface area contributed by atoms with Crippen molar-refractivity contribution in [1.29, 1.82) is 0 Å². The molecule has 19 heteroatoms. The average molecular weight is 635 g/mol. The number of hydrogen-bond donors (Lipinski definition) is 12. The molecule has 19 nitrogen and oxygen atoms in total. The van der Waals surface area contributed by atoms with Gasteiger partial charge in [-0.15, -0.1) is 0 Å². The van der Waals surface area contributed by atoms with Crippen molar-refractivity contribution in [2.75, 3.05) is 26.4 Å². The monoisotopic (exact) mass is 634 g/mol. The molecule has 0 bridgehead atoms. The Hall–Kier alpha value is -3.91. The van der Waals surface area contributed by atoms with E-state index in [1.165, 1.54) is 13.8 Å². The highest BCUT2D eigenvalue weighted by Gasteiger charge is 2.33. The number of amides is 6. The largest absolute Gasteiger partial charge is 0.480 e. The molecule has 0 aliphatic heterocycles. The SMILES string of the molecule is CC(C)[C@H](NC(=O)[C@H](CO)NC(=O)[C@@H](N)CCC(N)=O)C(=O)N[C@@H](CO)C(=O)N[C@@H](CO)C(=O)N[C@@H](CCCCN)C(=O)O. The lowest BCUT2D eigenvalue weighted by Gasteiger charge is -2.27. The molecule has 0 aromatic heterocycles. The van der Waals surface area contributed by atoms with Crippen molar-refractivity contribution < 1.29 is 54.0 Å². The summed E-state index contributed by atoms with van der Waals surface area (Å²) in [6.45, 7) is 0.592. The fourth-order valence-corrected chi connectivity index (χ4v) is 3.64. The number of carboxylic acid groups (broad SMARTS) is 1. The number of primary amides is 1. The molecule has 0 saturated heterocycles. The van der Waals surface area contributed by atoms with E-state index in [4.69, 9.17) is 17.2 Å². The maximum absolute atomic E-state index is 13.0.